The fraction of sp³-hybridized carbons (Fsp3) is 0.163. The van der Waals surface area contributed by atoms with Crippen LogP contribution >= 0.6 is 0 Å². The predicted octanol–water partition coefficient (Wildman–Crippen LogP) is 7.84. The third-order valence-corrected chi connectivity index (χ3v) is 7.51. The van der Waals surface area contributed by atoms with E-state index in [0.717, 1.165) is 21.7 Å². The van der Waals surface area contributed by atoms with Crippen molar-refractivity contribution in [1.29, 1.82) is 15.8 Å². The molecule has 0 N–H and O–H groups in total. The summed E-state index contributed by atoms with van der Waals surface area (Å²) in [6.07, 6.45) is 4.20. The number of nitriles is 3. The van der Waals surface area contributed by atoms with Gasteiger partial charge in [0.1, 0.15) is 70.5 Å². The minimum absolute atomic E-state index is 0.0280. The van der Waals surface area contributed by atoms with Crippen LogP contribution in [-0.4, -0.2) is 58.7 Å². The molecule has 3 aromatic carbocycles. The molecule has 286 valence electrons. The molecule has 0 aliphatic heterocycles. The number of carbonyl (C=O) groups is 2. The molecule has 3 aromatic heterocycles. The summed E-state index contributed by atoms with van der Waals surface area (Å²) in [5, 5.41) is 30.0. The monoisotopic (exact) mass is 767 g/mol. The maximum Gasteiger partial charge on any atom is 0.349 e. The summed E-state index contributed by atoms with van der Waals surface area (Å²) in [5.41, 5.74) is 4.51. The van der Waals surface area contributed by atoms with Crippen molar-refractivity contribution in [2.24, 2.45) is 0 Å². The fourth-order valence-electron chi connectivity index (χ4n) is 4.89. The van der Waals surface area contributed by atoms with Crippen molar-refractivity contribution in [2.75, 3.05) is 46.8 Å². The van der Waals surface area contributed by atoms with Crippen molar-refractivity contribution in [3.8, 4) is 18.2 Å². The van der Waals surface area contributed by atoms with Gasteiger partial charge in [-0.15, -0.1) is 0 Å². The molecule has 0 unspecified atom stereocenters. The van der Waals surface area contributed by atoms with Crippen molar-refractivity contribution in [3.63, 3.8) is 0 Å². The van der Waals surface area contributed by atoms with Crippen LogP contribution in [0, 0.1) is 34.0 Å². The lowest BCUT2D eigenvalue weighted by atomic mass is 10.2. The zero-order valence-corrected chi connectivity index (χ0v) is 30.5. The Bertz CT molecular complexity index is 2480. The van der Waals surface area contributed by atoms with Crippen LogP contribution in [0.25, 0.3) is 51.1 Å². The highest BCUT2D eigenvalue weighted by molar-refractivity contribution is 5.98. The molecule has 0 saturated heterocycles. The zero-order chi connectivity index (χ0) is 40.2. The van der Waals surface area contributed by atoms with E-state index in [0.29, 0.717) is 28.4 Å². The van der Waals surface area contributed by atoms with E-state index in [4.69, 9.17) is 47.8 Å². The Hall–Kier alpha value is -7.63. The first-order chi connectivity index (χ1) is 27.9. The number of benzene rings is 3. The number of ether oxygens (including phenoxy) is 4. The molecule has 0 radical (unpaired) electrons. The van der Waals surface area contributed by atoms with Gasteiger partial charge in [-0.1, -0.05) is 60.3 Å². The molecule has 0 saturated carbocycles. The molecule has 0 fully saturated rings. The molecule has 0 spiro atoms. The Morgan fingerprint density at radius 1 is 0.596 bits per heavy atom. The van der Waals surface area contributed by atoms with Crippen molar-refractivity contribution >= 4 is 63.1 Å². The number of allylic oxidation sites excluding steroid dienone is 1. The summed E-state index contributed by atoms with van der Waals surface area (Å²) in [7, 11) is 1.23. The van der Waals surface area contributed by atoms with E-state index in [1.54, 1.807) is 24.3 Å². The zero-order valence-electron chi connectivity index (χ0n) is 30.5. The standard InChI is InChI=1S/C30H24N2O8.C13H9NO3/c31-20-24(19-27-18-23-6-2-4-8-29(23)39-27)30(33)36-15-13-34-11-12-35-14-16-37-40-26(21-32)10-9-25-17-22-5-1-3-7-28(22)38-25;1-16-13(15)10(8-14)7-11-6-9-4-2-3-5-12(9)17-11/h1-9,17-19H,11-16H2;2-7H,1H3/b24-19-;10-7-. The van der Waals surface area contributed by atoms with Gasteiger partial charge in [0.2, 0.25) is 0 Å². The van der Waals surface area contributed by atoms with Gasteiger partial charge in [0.15, 0.2) is 6.07 Å². The van der Waals surface area contributed by atoms with Crippen LogP contribution in [0.3, 0.4) is 0 Å². The van der Waals surface area contributed by atoms with Crippen LogP contribution < -0.4 is 0 Å². The number of fused-ring (bicyclic) bond motifs is 3. The van der Waals surface area contributed by atoms with Gasteiger partial charge in [-0.3, -0.25) is 0 Å². The number of esters is 2. The first kappa shape index (κ1) is 40.6. The average Bonchev–Trinajstić information content (AvgIpc) is 3.98. The average molecular weight is 768 g/mol. The number of nitrogens with zero attached hydrogens (tertiary/aromatic N) is 3. The summed E-state index contributed by atoms with van der Waals surface area (Å²) in [5.74, 6) is -0.235. The molecule has 3 heterocycles. The summed E-state index contributed by atoms with van der Waals surface area (Å²) in [6.45, 7) is 0.888. The predicted molar refractivity (Wildman–Crippen MR) is 205 cm³/mol. The highest BCUT2D eigenvalue weighted by atomic mass is 17.2. The van der Waals surface area contributed by atoms with Crippen LogP contribution in [0.1, 0.15) is 17.3 Å². The van der Waals surface area contributed by atoms with Crippen molar-refractivity contribution < 1.29 is 51.6 Å². The van der Waals surface area contributed by atoms with Crippen LogP contribution in [0.2, 0.25) is 0 Å². The van der Waals surface area contributed by atoms with Crippen LogP contribution in [0.4, 0.5) is 0 Å². The van der Waals surface area contributed by atoms with Gasteiger partial charge in [-0.05, 0) is 36.4 Å². The number of hydrogen-bond acceptors (Lipinski definition) is 14. The van der Waals surface area contributed by atoms with Crippen molar-refractivity contribution in [2.45, 2.75) is 0 Å². The molecule has 14 heteroatoms. The first-order valence-electron chi connectivity index (χ1n) is 17.2. The quantitative estimate of drug-likeness (QED) is 0.0135. The maximum atomic E-state index is 12.2. The molecule has 6 aromatic rings. The lowest BCUT2D eigenvalue weighted by Gasteiger charge is -2.07. The van der Waals surface area contributed by atoms with Gasteiger partial charge in [-0.25, -0.2) is 9.59 Å². The van der Waals surface area contributed by atoms with E-state index in [1.807, 2.05) is 84.9 Å². The summed E-state index contributed by atoms with van der Waals surface area (Å²) >= 11 is 0. The number of furan rings is 3. The SMILES string of the molecule is COC(=O)/C(C#N)=C\c1cc2ccccc2o1.N#CC(=C=Cc1cc2ccccc2o1)OOCCOCCOCCOC(=O)/C(C#N)=C\c1cc2ccccc2o1. The molecule has 0 aliphatic rings. The highest BCUT2D eigenvalue weighted by Crippen LogP contribution is 2.23. The van der Waals surface area contributed by atoms with E-state index < -0.39 is 11.9 Å². The lowest BCUT2D eigenvalue weighted by Crippen LogP contribution is -2.14. The minimum Gasteiger partial charge on any atom is -0.465 e. The molecule has 0 atom stereocenters. The lowest BCUT2D eigenvalue weighted by molar-refractivity contribution is -0.263. The Balaban J connectivity index is 0.000000303. The van der Waals surface area contributed by atoms with E-state index in [1.165, 1.54) is 25.3 Å². The minimum atomic E-state index is -0.766. The topological polar surface area (TPSA) is 200 Å². The summed E-state index contributed by atoms with van der Waals surface area (Å²) < 4.78 is 36.9. The number of para-hydroxylation sites is 3. The molecule has 14 nitrogen and oxygen atoms in total. The molecule has 0 aliphatic carbocycles. The Kier molecular flexibility index (Phi) is 15.2. The fourth-order valence-corrected chi connectivity index (χ4v) is 4.89. The third kappa shape index (κ3) is 12.2. The van der Waals surface area contributed by atoms with E-state index in [9.17, 15) is 14.9 Å². The third-order valence-electron chi connectivity index (χ3n) is 7.51. The Morgan fingerprint density at radius 2 is 1.05 bits per heavy atom. The van der Waals surface area contributed by atoms with Gasteiger partial charge in [0.05, 0.1) is 33.5 Å². The van der Waals surface area contributed by atoms with Crippen LogP contribution in [0.5, 0.6) is 0 Å². The molecular formula is C43H33N3O11. The molecule has 57 heavy (non-hydrogen) atoms. The summed E-state index contributed by atoms with van der Waals surface area (Å²) in [6, 6.07) is 33.1. The van der Waals surface area contributed by atoms with Gasteiger partial charge in [0.25, 0.3) is 5.76 Å². The highest BCUT2D eigenvalue weighted by Gasteiger charge is 2.13. The Labute approximate surface area is 325 Å². The maximum absolute atomic E-state index is 12.2. The molecule has 0 amide bonds. The van der Waals surface area contributed by atoms with Gasteiger partial charge in [-0.2, -0.15) is 20.7 Å². The number of hydrogen-bond donors (Lipinski definition) is 0. The van der Waals surface area contributed by atoms with Crippen molar-refractivity contribution in [3.05, 3.63) is 131 Å². The smallest absolute Gasteiger partial charge is 0.349 e. The van der Waals surface area contributed by atoms with Gasteiger partial charge < -0.3 is 37.1 Å². The number of carbonyl (C=O) groups excluding carboxylic acids is 2. The van der Waals surface area contributed by atoms with Crippen molar-refractivity contribution in [1.82, 2.24) is 0 Å². The largest absolute Gasteiger partial charge is 0.465 e. The van der Waals surface area contributed by atoms with Gasteiger partial charge >= 0.3 is 11.9 Å². The first-order valence-corrected chi connectivity index (χ1v) is 17.2. The van der Waals surface area contributed by atoms with E-state index in [2.05, 4.69) is 10.5 Å². The molecule has 6 rings (SSSR count). The van der Waals surface area contributed by atoms with Crippen LogP contribution in [-0.2, 0) is 38.3 Å². The second-order valence-corrected chi connectivity index (χ2v) is 11.4. The Morgan fingerprint density at radius 3 is 1.54 bits per heavy atom. The normalized spacial score (nSPS) is 11.1. The van der Waals surface area contributed by atoms with Gasteiger partial charge in [0, 0.05) is 34.4 Å². The van der Waals surface area contributed by atoms with E-state index >= 15 is 0 Å². The second-order valence-electron chi connectivity index (χ2n) is 11.4. The number of methoxy groups -OCH3 is 1. The molecular weight excluding hydrogens is 734 g/mol. The second kappa shape index (κ2) is 21.3. The van der Waals surface area contributed by atoms with Crippen LogP contribution in [0.15, 0.2) is 127 Å². The number of rotatable bonds is 16. The summed E-state index contributed by atoms with van der Waals surface area (Å²) in [4.78, 5) is 33.3. The van der Waals surface area contributed by atoms with E-state index in [-0.39, 0.29) is 56.5 Å². The molecule has 0 bridgehead atoms.